The van der Waals surface area contributed by atoms with Crippen LogP contribution in [0.5, 0.6) is 0 Å². The summed E-state index contributed by atoms with van der Waals surface area (Å²) in [5, 5.41) is -0.444. The third-order valence-electron chi connectivity index (χ3n) is 3.57. The van der Waals surface area contributed by atoms with Crippen LogP contribution in [0.3, 0.4) is 0 Å². The van der Waals surface area contributed by atoms with E-state index in [0.29, 0.717) is 25.9 Å². The summed E-state index contributed by atoms with van der Waals surface area (Å²) in [6, 6.07) is 0. The standard InChI is InChI=1S/C11H21NO4S/c1-3-16-10(13)11(8-12)6-5-9(7-11)17(14,15)4-2/h9H,3-8,12H2,1-2H3/t9-,11-/m0/s1. The first-order valence-corrected chi connectivity index (χ1v) is 7.72. The van der Waals surface area contributed by atoms with Gasteiger partial charge in [0.1, 0.15) is 0 Å². The molecule has 1 saturated carbocycles. The number of sulfone groups is 1. The van der Waals surface area contributed by atoms with Crippen molar-refractivity contribution < 1.29 is 17.9 Å². The Morgan fingerprint density at radius 1 is 1.47 bits per heavy atom. The lowest BCUT2D eigenvalue weighted by Gasteiger charge is -2.24. The van der Waals surface area contributed by atoms with E-state index in [2.05, 4.69) is 0 Å². The van der Waals surface area contributed by atoms with Crippen LogP contribution in [-0.2, 0) is 19.4 Å². The highest BCUT2D eigenvalue weighted by atomic mass is 32.2. The van der Waals surface area contributed by atoms with Gasteiger partial charge in [-0.3, -0.25) is 4.79 Å². The van der Waals surface area contributed by atoms with Gasteiger partial charge < -0.3 is 10.5 Å². The average Bonchev–Trinajstić information content (AvgIpc) is 2.75. The van der Waals surface area contributed by atoms with Gasteiger partial charge in [-0.1, -0.05) is 6.92 Å². The largest absolute Gasteiger partial charge is 0.466 e. The minimum absolute atomic E-state index is 0.112. The first-order valence-electron chi connectivity index (χ1n) is 6.00. The fourth-order valence-electron chi connectivity index (χ4n) is 2.36. The summed E-state index contributed by atoms with van der Waals surface area (Å²) in [5.74, 6) is -0.238. The third-order valence-corrected chi connectivity index (χ3v) is 5.80. The molecule has 5 nitrogen and oxygen atoms in total. The normalized spacial score (nSPS) is 29.2. The van der Waals surface area contributed by atoms with Crippen molar-refractivity contribution in [3.63, 3.8) is 0 Å². The molecule has 0 aromatic rings. The van der Waals surface area contributed by atoms with Crippen LogP contribution in [0, 0.1) is 5.41 Å². The number of rotatable bonds is 5. The second-order valence-electron chi connectivity index (χ2n) is 4.52. The van der Waals surface area contributed by atoms with E-state index in [1.807, 2.05) is 0 Å². The zero-order chi connectivity index (χ0) is 13.1. The molecule has 1 rings (SSSR count). The maximum atomic E-state index is 11.9. The molecule has 2 N–H and O–H groups in total. The summed E-state index contributed by atoms with van der Waals surface area (Å²) in [7, 11) is -3.09. The van der Waals surface area contributed by atoms with Crippen molar-refractivity contribution >= 4 is 15.8 Å². The fraction of sp³-hybridized carbons (Fsp3) is 0.909. The zero-order valence-electron chi connectivity index (χ0n) is 10.4. The number of esters is 1. The molecule has 0 unspecified atom stereocenters. The highest BCUT2D eigenvalue weighted by Crippen LogP contribution is 2.41. The number of carbonyl (C=O) groups is 1. The van der Waals surface area contributed by atoms with Gasteiger partial charge in [0.15, 0.2) is 9.84 Å². The van der Waals surface area contributed by atoms with E-state index < -0.39 is 20.5 Å². The molecule has 0 saturated heterocycles. The molecule has 0 heterocycles. The number of nitrogens with two attached hydrogens (primary N) is 1. The smallest absolute Gasteiger partial charge is 0.313 e. The Morgan fingerprint density at radius 2 is 2.12 bits per heavy atom. The van der Waals surface area contributed by atoms with Crippen LogP contribution in [-0.4, -0.2) is 38.5 Å². The summed E-state index contributed by atoms with van der Waals surface area (Å²) in [6.07, 6.45) is 1.32. The lowest BCUT2D eigenvalue weighted by molar-refractivity contribution is -0.154. The number of hydrogen-bond donors (Lipinski definition) is 1. The third kappa shape index (κ3) is 2.80. The van der Waals surface area contributed by atoms with Gasteiger partial charge >= 0.3 is 5.97 Å². The molecule has 17 heavy (non-hydrogen) atoms. The first kappa shape index (κ1) is 14.4. The van der Waals surface area contributed by atoms with Crippen molar-refractivity contribution in [1.82, 2.24) is 0 Å². The summed E-state index contributed by atoms with van der Waals surface area (Å²) in [6.45, 7) is 3.81. The molecule has 2 atom stereocenters. The topological polar surface area (TPSA) is 86.5 Å². The Bertz CT molecular complexity index is 379. The van der Waals surface area contributed by atoms with Gasteiger partial charge in [-0.2, -0.15) is 0 Å². The van der Waals surface area contributed by atoms with Gasteiger partial charge in [-0.05, 0) is 26.2 Å². The molecule has 1 fully saturated rings. The van der Waals surface area contributed by atoms with Gasteiger partial charge in [0.2, 0.25) is 0 Å². The molecular weight excluding hydrogens is 242 g/mol. The van der Waals surface area contributed by atoms with E-state index in [1.54, 1.807) is 13.8 Å². The van der Waals surface area contributed by atoms with Gasteiger partial charge in [0.25, 0.3) is 0 Å². The van der Waals surface area contributed by atoms with E-state index in [-0.39, 0.29) is 18.3 Å². The average molecular weight is 263 g/mol. The highest BCUT2D eigenvalue weighted by molar-refractivity contribution is 7.92. The Hall–Kier alpha value is -0.620. The molecular formula is C11H21NO4S. The van der Waals surface area contributed by atoms with Crippen LogP contribution in [0.25, 0.3) is 0 Å². The van der Waals surface area contributed by atoms with Crippen LogP contribution >= 0.6 is 0 Å². The van der Waals surface area contributed by atoms with Crippen molar-refractivity contribution in [3.8, 4) is 0 Å². The van der Waals surface area contributed by atoms with Crippen LogP contribution in [0.2, 0.25) is 0 Å². The quantitative estimate of drug-likeness (QED) is 0.729. The SMILES string of the molecule is CCOC(=O)[C@@]1(CN)CC[C@H](S(=O)(=O)CC)C1. The molecule has 0 radical (unpaired) electrons. The Balaban J connectivity index is 2.84. The Kier molecular flexibility index (Phi) is 4.55. The molecule has 1 aliphatic carbocycles. The van der Waals surface area contributed by atoms with Crippen LogP contribution in [0.4, 0.5) is 0 Å². The van der Waals surface area contributed by atoms with Gasteiger partial charge in [-0.25, -0.2) is 8.42 Å². The lowest BCUT2D eigenvalue weighted by atomic mass is 9.86. The van der Waals surface area contributed by atoms with Gasteiger partial charge in [0, 0.05) is 12.3 Å². The monoisotopic (exact) mass is 263 g/mol. The maximum absolute atomic E-state index is 11.9. The molecule has 100 valence electrons. The van der Waals surface area contributed by atoms with E-state index in [4.69, 9.17) is 10.5 Å². The van der Waals surface area contributed by atoms with Crippen molar-refractivity contribution in [2.24, 2.45) is 11.1 Å². The molecule has 0 bridgehead atoms. The van der Waals surface area contributed by atoms with Gasteiger partial charge in [0.05, 0.1) is 17.3 Å². The molecule has 6 heteroatoms. The van der Waals surface area contributed by atoms with Crippen molar-refractivity contribution in [3.05, 3.63) is 0 Å². The van der Waals surface area contributed by atoms with E-state index in [0.717, 1.165) is 0 Å². The second kappa shape index (κ2) is 5.35. The molecule has 0 amide bonds. The first-order chi connectivity index (χ1) is 7.91. The van der Waals surface area contributed by atoms with E-state index in [1.165, 1.54) is 0 Å². The zero-order valence-corrected chi connectivity index (χ0v) is 11.3. The van der Waals surface area contributed by atoms with Crippen LogP contribution < -0.4 is 5.73 Å². The van der Waals surface area contributed by atoms with Crippen LogP contribution in [0.15, 0.2) is 0 Å². The van der Waals surface area contributed by atoms with Crippen molar-refractivity contribution in [2.75, 3.05) is 18.9 Å². The van der Waals surface area contributed by atoms with Gasteiger partial charge in [-0.15, -0.1) is 0 Å². The minimum atomic E-state index is -3.09. The van der Waals surface area contributed by atoms with Crippen molar-refractivity contribution in [2.45, 2.75) is 38.4 Å². The fourth-order valence-corrected chi connectivity index (χ4v) is 3.88. The molecule has 0 spiro atoms. The number of ether oxygens (including phenoxy) is 1. The summed E-state index contributed by atoms with van der Waals surface area (Å²) < 4.78 is 28.6. The van der Waals surface area contributed by atoms with E-state index in [9.17, 15) is 13.2 Å². The molecule has 0 aromatic carbocycles. The van der Waals surface area contributed by atoms with Crippen LogP contribution in [0.1, 0.15) is 33.1 Å². The second-order valence-corrected chi connectivity index (χ2v) is 7.09. The summed E-state index contributed by atoms with van der Waals surface area (Å²) in [4.78, 5) is 11.9. The minimum Gasteiger partial charge on any atom is -0.466 e. The maximum Gasteiger partial charge on any atom is 0.313 e. The highest BCUT2D eigenvalue weighted by Gasteiger charge is 2.48. The molecule has 0 aromatic heterocycles. The molecule has 0 aliphatic heterocycles. The Morgan fingerprint density at radius 3 is 2.59 bits per heavy atom. The number of hydrogen-bond acceptors (Lipinski definition) is 5. The number of carbonyl (C=O) groups excluding carboxylic acids is 1. The Labute approximate surface area is 103 Å². The summed E-state index contributed by atoms with van der Waals surface area (Å²) >= 11 is 0. The summed E-state index contributed by atoms with van der Waals surface area (Å²) in [5.41, 5.74) is 4.86. The van der Waals surface area contributed by atoms with Crippen molar-refractivity contribution in [1.29, 1.82) is 0 Å². The molecule has 1 aliphatic rings. The lowest BCUT2D eigenvalue weighted by Crippen LogP contribution is -2.39. The van der Waals surface area contributed by atoms with E-state index >= 15 is 0 Å². The predicted molar refractivity (Wildman–Crippen MR) is 65.2 cm³/mol. The predicted octanol–water partition coefficient (Wildman–Crippen LogP) is 0.482.